The fourth-order valence-corrected chi connectivity index (χ4v) is 4.00. The van der Waals surface area contributed by atoms with E-state index in [-0.39, 0.29) is 5.91 Å². The van der Waals surface area contributed by atoms with Crippen molar-refractivity contribution in [2.45, 2.75) is 6.92 Å². The number of fused-ring (bicyclic) bond motifs is 3. The molecule has 28 heavy (non-hydrogen) atoms. The fourth-order valence-electron chi connectivity index (χ4n) is 4.00. The van der Waals surface area contributed by atoms with Gasteiger partial charge in [0.2, 0.25) is 0 Å². The minimum absolute atomic E-state index is 0.0815. The van der Waals surface area contributed by atoms with E-state index in [0.717, 1.165) is 43.6 Å². The van der Waals surface area contributed by atoms with E-state index in [0.29, 0.717) is 0 Å². The highest BCUT2D eigenvalue weighted by Crippen LogP contribution is 2.31. The van der Waals surface area contributed by atoms with E-state index in [2.05, 4.69) is 48.6 Å². The second kappa shape index (κ2) is 6.50. The molecule has 5 aromatic rings. The average Bonchev–Trinajstić information content (AvgIpc) is 2.74. The third-order valence-electron chi connectivity index (χ3n) is 5.39. The van der Waals surface area contributed by atoms with E-state index in [9.17, 15) is 4.79 Å². The van der Waals surface area contributed by atoms with Crippen LogP contribution in [0.4, 0.5) is 5.69 Å². The van der Waals surface area contributed by atoms with Gasteiger partial charge in [0.05, 0.1) is 5.56 Å². The predicted octanol–water partition coefficient (Wildman–Crippen LogP) is 6.71. The van der Waals surface area contributed by atoms with Crippen LogP contribution in [0.15, 0.2) is 91.0 Å². The van der Waals surface area contributed by atoms with Gasteiger partial charge < -0.3 is 5.32 Å². The highest BCUT2D eigenvalue weighted by atomic mass is 16.1. The molecule has 0 spiro atoms. The maximum absolute atomic E-state index is 13.5. The maximum atomic E-state index is 13.5. The zero-order chi connectivity index (χ0) is 19.1. The molecule has 0 unspecified atom stereocenters. The van der Waals surface area contributed by atoms with Gasteiger partial charge >= 0.3 is 0 Å². The lowest BCUT2D eigenvalue weighted by molar-refractivity contribution is 0.103. The van der Waals surface area contributed by atoms with Crippen molar-refractivity contribution in [1.29, 1.82) is 0 Å². The summed E-state index contributed by atoms with van der Waals surface area (Å²) in [6, 6.07) is 30.5. The van der Waals surface area contributed by atoms with Crippen LogP contribution in [0.5, 0.6) is 0 Å². The molecule has 2 heteroatoms. The van der Waals surface area contributed by atoms with Gasteiger partial charge in [0.15, 0.2) is 0 Å². The lowest BCUT2D eigenvalue weighted by Crippen LogP contribution is -2.13. The molecule has 0 fully saturated rings. The summed E-state index contributed by atoms with van der Waals surface area (Å²) < 4.78 is 0. The monoisotopic (exact) mass is 361 g/mol. The van der Waals surface area contributed by atoms with Gasteiger partial charge in [-0.2, -0.15) is 0 Å². The van der Waals surface area contributed by atoms with Gasteiger partial charge in [-0.05, 0) is 51.6 Å². The molecule has 0 radical (unpaired) electrons. The summed E-state index contributed by atoms with van der Waals surface area (Å²) in [5, 5.41) is 9.46. The second-order valence-corrected chi connectivity index (χ2v) is 7.12. The lowest BCUT2D eigenvalue weighted by Gasteiger charge is -2.14. The number of carbonyl (C=O) groups is 1. The summed E-state index contributed by atoms with van der Waals surface area (Å²) in [7, 11) is 0. The Kier molecular flexibility index (Phi) is 3.84. The molecule has 0 aliphatic carbocycles. The number of amides is 1. The van der Waals surface area contributed by atoms with E-state index in [1.807, 2.05) is 54.6 Å². The molecular formula is C26H19NO. The Bertz CT molecular complexity index is 1310. The molecule has 0 saturated heterocycles. The van der Waals surface area contributed by atoms with Crippen LogP contribution < -0.4 is 5.32 Å². The average molecular weight is 361 g/mol. The summed E-state index contributed by atoms with van der Waals surface area (Å²) in [5.41, 5.74) is 2.76. The van der Waals surface area contributed by atoms with Crippen molar-refractivity contribution in [3.05, 3.63) is 102 Å². The highest BCUT2D eigenvalue weighted by molar-refractivity contribution is 6.23. The molecule has 5 aromatic carbocycles. The molecule has 0 atom stereocenters. The fraction of sp³-hybridized carbons (Fsp3) is 0.0385. The standard InChI is InChI=1S/C26H19NO/c1-17-14-15-24(23-13-7-6-10-20(17)23)27-26(28)25-21-11-4-2-8-18(21)16-19-9-3-5-12-22(19)25/h2-16H,1H3,(H,27,28). The van der Waals surface area contributed by atoms with Crippen LogP contribution in [0.1, 0.15) is 15.9 Å². The first kappa shape index (κ1) is 16.5. The molecule has 0 bridgehead atoms. The van der Waals surface area contributed by atoms with Crippen molar-refractivity contribution in [2.75, 3.05) is 5.32 Å². The quantitative estimate of drug-likeness (QED) is 0.348. The third-order valence-corrected chi connectivity index (χ3v) is 5.39. The number of anilines is 1. The summed E-state index contributed by atoms with van der Waals surface area (Å²) in [6.07, 6.45) is 0. The van der Waals surface area contributed by atoms with Crippen molar-refractivity contribution in [3.8, 4) is 0 Å². The van der Waals surface area contributed by atoms with Gasteiger partial charge in [-0.15, -0.1) is 0 Å². The SMILES string of the molecule is Cc1ccc(NC(=O)c2c3ccccc3cc3ccccc23)c2ccccc12. The highest BCUT2D eigenvalue weighted by Gasteiger charge is 2.16. The van der Waals surface area contributed by atoms with Gasteiger partial charge in [-0.25, -0.2) is 0 Å². The molecule has 0 aliphatic heterocycles. The van der Waals surface area contributed by atoms with Crippen LogP contribution in [0, 0.1) is 6.92 Å². The summed E-state index contributed by atoms with van der Waals surface area (Å²) >= 11 is 0. The number of nitrogens with one attached hydrogen (secondary N) is 1. The Labute approximate surface area is 163 Å². The minimum atomic E-state index is -0.0815. The molecule has 0 aromatic heterocycles. The first-order valence-corrected chi connectivity index (χ1v) is 9.42. The summed E-state index contributed by atoms with van der Waals surface area (Å²) in [6.45, 7) is 2.09. The van der Waals surface area contributed by atoms with E-state index >= 15 is 0 Å². The maximum Gasteiger partial charge on any atom is 0.256 e. The molecule has 2 nitrogen and oxygen atoms in total. The smallest absolute Gasteiger partial charge is 0.256 e. The van der Waals surface area contributed by atoms with Crippen molar-refractivity contribution in [1.82, 2.24) is 0 Å². The van der Waals surface area contributed by atoms with Crippen LogP contribution in [0.3, 0.4) is 0 Å². The number of hydrogen-bond donors (Lipinski definition) is 1. The lowest BCUT2D eigenvalue weighted by atomic mass is 9.96. The van der Waals surface area contributed by atoms with Crippen molar-refractivity contribution < 1.29 is 4.79 Å². The zero-order valence-electron chi connectivity index (χ0n) is 15.6. The zero-order valence-corrected chi connectivity index (χ0v) is 15.6. The second-order valence-electron chi connectivity index (χ2n) is 7.12. The Balaban J connectivity index is 1.71. The molecule has 1 amide bonds. The van der Waals surface area contributed by atoms with E-state index < -0.39 is 0 Å². The van der Waals surface area contributed by atoms with Crippen LogP contribution in [0.2, 0.25) is 0 Å². The molecule has 1 N–H and O–H groups in total. The molecule has 0 aliphatic rings. The Morgan fingerprint density at radius 1 is 0.643 bits per heavy atom. The summed E-state index contributed by atoms with van der Waals surface area (Å²) in [5.74, 6) is -0.0815. The Morgan fingerprint density at radius 2 is 1.18 bits per heavy atom. The molecule has 5 rings (SSSR count). The summed E-state index contributed by atoms with van der Waals surface area (Å²) in [4.78, 5) is 13.5. The number of rotatable bonds is 2. The van der Waals surface area contributed by atoms with E-state index in [4.69, 9.17) is 0 Å². The number of hydrogen-bond acceptors (Lipinski definition) is 1. The van der Waals surface area contributed by atoms with Crippen LogP contribution >= 0.6 is 0 Å². The number of benzene rings is 5. The predicted molar refractivity (Wildman–Crippen MR) is 118 cm³/mol. The molecule has 134 valence electrons. The Hall–Kier alpha value is -3.65. The van der Waals surface area contributed by atoms with E-state index in [1.165, 1.54) is 5.56 Å². The van der Waals surface area contributed by atoms with Crippen LogP contribution in [-0.2, 0) is 0 Å². The van der Waals surface area contributed by atoms with Crippen molar-refractivity contribution in [3.63, 3.8) is 0 Å². The Morgan fingerprint density at radius 3 is 1.82 bits per heavy atom. The molecule has 0 heterocycles. The normalized spacial score (nSPS) is 11.2. The van der Waals surface area contributed by atoms with Gasteiger partial charge in [0.25, 0.3) is 5.91 Å². The molecular weight excluding hydrogens is 342 g/mol. The largest absolute Gasteiger partial charge is 0.321 e. The number of aryl methyl sites for hydroxylation is 1. The van der Waals surface area contributed by atoms with Crippen molar-refractivity contribution >= 4 is 43.9 Å². The third kappa shape index (κ3) is 2.62. The minimum Gasteiger partial charge on any atom is -0.321 e. The van der Waals surface area contributed by atoms with Crippen LogP contribution in [0.25, 0.3) is 32.3 Å². The van der Waals surface area contributed by atoms with E-state index in [1.54, 1.807) is 0 Å². The van der Waals surface area contributed by atoms with Gasteiger partial charge in [-0.3, -0.25) is 4.79 Å². The van der Waals surface area contributed by atoms with Crippen molar-refractivity contribution in [2.24, 2.45) is 0 Å². The van der Waals surface area contributed by atoms with Gasteiger partial charge in [0.1, 0.15) is 0 Å². The first-order chi connectivity index (χ1) is 13.7. The number of carbonyl (C=O) groups excluding carboxylic acids is 1. The van der Waals surface area contributed by atoms with Gasteiger partial charge in [0, 0.05) is 11.1 Å². The molecule has 0 saturated carbocycles. The van der Waals surface area contributed by atoms with Gasteiger partial charge in [-0.1, -0.05) is 78.9 Å². The topological polar surface area (TPSA) is 29.1 Å². The first-order valence-electron chi connectivity index (χ1n) is 9.42. The van der Waals surface area contributed by atoms with Crippen LogP contribution in [-0.4, -0.2) is 5.91 Å².